The Bertz CT molecular complexity index is 2570. The van der Waals surface area contributed by atoms with Crippen LogP contribution in [0, 0.1) is 6.92 Å². The molecule has 2 aliphatic rings. The molecule has 0 unspecified atom stereocenters. The molecule has 1 aromatic heterocycles. The molecule has 5 aromatic rings. The van der Waals surface area contributed by atoms with Gasteiger partial charge in [-0.1, -0.05) is 80.8 Å². The van der Waals surface area contributed by atoms with Crippen LogP contribution in [0.15, 0.2) is 101 Å². The summed E-state index contributed by atoms with van der Waals surface area (Å²) in [5.41, 5.74) is 4.27. The number of benzene rings is 4. The number of carbonyl (C=O) groups excluding carboxylic acids is 4. The molecule has 0 spiro atoms. The molecule has 4 amide bonds. The molecule has 0 saturated heterocycles. The molecule has 0 atom stereocenters. The van der Waals surface area contributed by atoms with E-state index in [-0.39, 0.29) is 50.0 Å². The van der Waals surface area contributed by atoms with E-state index in [1.807, 2.05) is 54.6 Å². The highest BCUT2D eigenvalue weighted by atomic mass is 35.5. The SMILES string of the molecule is CCCCN(CCCC)C(=O)c1nn(-c2ccc(C(=O)NS(=O)(=O)c3ccc4c(c3)CCN4C(=O)CSc3ccccc3)cc2C(=O)N2CCc3ccccc3C2)c(C)c1Cl. The van der Waals surface area contributed by atoms with Gasteiger partial charge in [-0.2, -0.15) is 5.10 Å². The minimum absolute atomic E-state index is 0.0671. The number of aromatic nitrogens is 2. The topological polar surface area (TPSA) is 142 Å². The van der Waals surface area contributed by atoms with Crippen molar-refractivity contribution in [2.75, 3.05) is 36.8 Å². The van der Waals surface area contributed by atoms with Crippen molar-refractivity contribution in [3.63, 3.8) is 0 Å². The van der Waals surface area contributed by atoms with Crippen LogP contribution >= 0.6 is 23.4 Å². The van der Waals surface area contributed by atoms with Crippen LogP contribution in [-0.4, -0.2) is 83.6 Å². The molecule has 2 aliphatic heterocycles. The number of nitrogens with zero attached hydrogens (tertiary/aromatic N) is 5. The average Bonchev–Trinajstić information content (AvgIpc) is 3.84. The number of fused-ring (bicyclic) bond motifs is 2. The van der Waals surface area contributed by atoms with Gasteiger partial charge in [-0.05, 0) is 97.8 Å². The first-order chi connectivity index (χ1) is 29.4. The molecule has 0 aliphatic carbocycles. The predicted octanol–water partition coefficient (Wildman–Crippen LogP) is 7.88. The molecular weight excluding hydrogens is 832 g/mol. The summed E-state index contributed by atoms with van der Waals surface area (Å²) >= 11 is 8.27. The van der Waals surface area contributed by atoms with Crippen LogP contribution < -0.4 is 9.62 Å². The van der Waals surface area contributed by atoms with Gasteiger partial charge < -0.3 is 14.7 Å². The summed E-state index contributed by atoms with van der Waals surface area (Å²) in [5, 5.41) is 4.84. The number of carbonyl (C=O) groups is 4. The second kappa shape index (κ2) is 19.1. The van der Waals surface area contributed by atoms with Gasteiger partial charge in [-0.25, -0.2) is 17.8 Å². The Kier molecular flexibility index (Phi) is 13.7. The number of anilines is 1. The Morgan fingerprint density at radius 2 is 1.49 bits per heavy atom. The third kappa shape index (κ3) is 9.56. The first-order valence-electron chi connectivity index (χ1n) is 20.6. The van der Waals surface area contributed by atoms with E-state index in [0.717, 1.165) is 41.7 Å². The number of halogens is 1. The maximum absolute atomic E-state index is 14.6. The summed E-state index contributed by atoms with van der Waals surface area (Å²) in [5.74, 6) is -1.49. The van der Waals surface area contributed by atoms with Gasteiger partial charge >= 0.3 is 0 Å². The van der Waals surface area contributed by atoms with Crippen LogP contribution in [0.4, 0.5) is 5.69 Å². The Morgan fingerprint density at radius 3 is 2.21 bits per heavy atom. The molecule has 4 aromatic carbocycles. The number of amides is 4. The first-order valence-corrected chi connectivity index (χ1v) is 23.5. The molecule has 1 N–H and O–H groups in total. The summed E-state index contributed by atoms with van der Waals surface area (Å²) < 4.78 is 31.1. The zero-order valence-electron chi connectivity index (χ0n) is 34.5. The fourth-order valence-electron chi connectivity index (χ4n) is 7.67. The van der Waals surface area contributed by atoms with E-state index >= 15 is 0 Å². The van der Waals surface area contributed by atoms with Crippen molar-refractivity contribution in [2.24, 2.45) is 0 Å². The zero-order chi connectivity index (χ0) is 43.3. The van der Waals surface area contributed by atoms with E-state index in [4.69, 9.17) is 11.6 Å². The Morgan fingerprint density at radius 1 is 0.820 bits per heavy atom. The number of rotatable bonds is 15. The molecule has 12 nitrogen and oxygen atoms in total. The number of sulfonamides is 1. The zero-order valence-corrected chi connectivity index (χ0v) is 36.9. The van der Waals surface area contributed by atoms with E-state index < -0.39 is 21.8 Å². The van der Waals surface area contributed by atoms with Crippen molar-refractivity contribution in [3.8, 4) is 5.69 Å². The van der Waals surface area contributed by atoms with E-state index in [1.165, 1.54) is 46.8 Å². The summed E-state index contributed by atoms with van der Waals surface area (Å²) in [6.07, 6.45) is 4.56. The molecule has 0 fully saturated rings. The van der Waals surface area contributed by atoms with Crippen LogP contribution in [0.5, 0.6) is 0 Å². The van der Waals surface area contributed by atoms with Crippen molar-refractivity contribution in [2.45, 2.75) is 75.6 Å². The third-order valence-electron chi connectivity index (χ3n) is 11.1. The van der Waals surface area contributed by atoms with E-state index in [2.05, 4.69) is 23.7 Å². The van der Waals surface area contributed by atoms with E-state index in [0.29, 0.717) is 62.5 Å². The predicted molar refractivity (Wildman–Crippen MR) is 238 cm³/mol. The van der Waals surface area contributed by atoms with Crippen LogP contribution in [0.3, 0.4) is 0 Å². The van der Waals surface area contributed by atoms with Gasteiger partial charge in [0.1, 0.15) is 0 Å². The number of unbranched alkanes of at least 4 members (excludes halogenated alkanes) is 2. The molecule has 0 radical (unpaired) electrons. The number of nitrogens with one attached hydrogen (secondary N) is 1. The van der Waals surface area contributed by atoms with Crippen molar-refractivity contribution < 1.29 is 27.6 Å². The fraction of sp³-hybridized carbons (Fsp3) is 0.326. The maximum Gasteiger partial charge on any atom is 0.275 e. The van der Waals surface area contributed by atoms with Crippen molar-refractivity contribution in [1.82, 2.24) is 24.3 Å². The number of hydrogen-bond donors (Lipinski definition) is 1. The Labute approximate surface area is 366 Å². The minimum atomic E-state index is -4.38. The highest BCUT2D eigenvalue weighted by Gasteiger charge is 2.31. The molecule has 0 bridgehead atoms. The van der Waals surface area contributed by atoms with Gasteiger partial charge in [0.2, 0.25) is 5.91 Å². The monoisotopic (exact) mass is 880 g/mol. The highest BCUT2D eigenvalue weighted by molar-refractivity contribution is 8.00. The van der Waals surface area contributed by atoms with Gasteiger partial charge in [0, 0.05) is 48.9 Å². The Balaban J connectivity index is 1.16. The minimum Gasteiger partial charge on any atom is -0.337 e. The maximum atomic E-state index is 14.6. The number of hydrogen-bond acceptors (Lipinski definition) is 8. The summed E-state index contributed by atoms with van der Waals surface area (Å²) in [6, 6.07) is 26.3. The van der Waals surface area contributed by atoms with Gasteiger partial charge in [0.15, 0.2) is 5.69 Å². The quantitative estimate of drug-likeness (QED) is 0.105. The van der Waals surface area contributed by atoms with Gasteiger partial charge in [0.05, 0.1) is 32.6 Å². The van der Waals surface area contributed by atoms with Crippen molar-refractivity contribution >= 4 is 62.7 Å². The van der Waals surface area contributed by atoms with Crippen molar-refractivity contribution in [3.05, 3.63) is 135 Å². The lowest BCUT2D eigenvalue weighted by Crippen LogP contribution is -2.37. The third-order valence-corrected chi connectivity index (χ3v) is 13.9. The Hall–Kier alpha value is -5.44. The normalized spacial score (nSPS) is 13.4. The average molecular weight is 882 g/mol. The highest BCUT2D eigenvalue weighted by Crippen LogP contribution is 2.33. The lowest BCUT2D eigenvalue weighted by atomic mass is 9.98. The fourth-order valence-corrected chi connectivity index (χ4v) is 9.69. The van der Waals surface area contributed by atoms with Gasteiger partial charge in [-0.3, -0.25) is 19.2 Å². The molecule has 0 saturated carbocycles. The van der Waals surface area contributed by atoms with Gasteiger partial charge in [-0.15, -0.1) is 11.8 Å². The molecule has 3 heterocycles. The van der Waals surface area contributed by atoms with E-state index in [9.17, 15) is 27.6 Å². The van der Waals surface area contributed by atoms with Crippen LogP contribution in [0.1, 0.15) is 93.1 Å². The lowest BCUT2D eigenvalue weighted by Gasteiger charge is -2.29. The van der Waals surface area contributed by atoms with Crippen molar-refractivity contribution in [1.29, 1.82) is 0 Å². The standard InChI is InChI=1S/C46H49ClN6O6S2/c1-4-6-23-50(24-7-5-2)46(57)43-42(47)31(3)53(48-43)40-19-17-34(28-38(40)45(56)51-25-21-32-13-11-12-14-35(32)29-51)44(55)49-61(58,59)37-18-20-39-33(27-37)22-26-52(39)41(54)30-60-36-15-9-8-10-16-36/h8-20,27-28H,4-7,21-26,29-30H2,1-3H3,(H,49,55). The summed E-state index contributed by atoms with van der Waals surface area (Å²) in [4.78, 5) is 61.4. The first kappa shape index (κ1) is 43.6. The van der Waals surface area contributed by atoms with Crippen LogP contribution in [-0.2, 0) is 34.2 Å². The second-order valence-corrected chi connectivity index (χ2v) is 18.4. The molecule has 15 heteroatoms. The second-order valence-electron chi connectivity index (χ2n) is 15.3. The lowest BCUT2D eigenvalue weighted by molar-refractivity contribution is -0.116. The summed E-state index contributed by atoms with van der Waals surface area (Å²) in [6.45, 7) is 8.11. The molecular formula is C46H49ClN6O6S2. The van der Waals surface area contributed by atoms with Crippen LogP contribution in [0.2, 0.25) is 5.02 Å². The molecule has 61 heavy (non-hydrogen) atoms. The van der Waals surface area contributed by atoms with E-state index in [1.54, 1.807) is 27.7 Å². The largest absolute Gasteiger partial charge is 0.337 e. The molecule has 318 valence electrons. The van der Waals surface area contributed by atoms with Gasteiger partial charge in [0.25, 0.3) is 27.7 Å². The smallest absolute Gasteiger partial charge is 0.275 e. The summed E-state index contributed by atoms with van der Waals surface area (Å²) in [7, 11) is -4.38. The molecule has 7 rings (SSSR count). The number of thioether (sulfide) groups is 1. The van der Waals surface area contributed by atoms with Crippen LogP contribution in [0.25, 0.3) is 5.69 Å².